The van der Waals surface area contributed by atoms with Crippen LogP contribution in [0.5, 0.6) is 0 Å². The topological polar surface area (TPSA) is 101 Å². The van der Waals surface area contributed by atoms with Gasteiger partial charge in [0, 0.05) is 20.0 Å². The Labute approximate surface area is 123 Å². The lowest BCUT2D eigenvalue weighted by molar-refractivity contribution is 0.579. The first-order valence-electron chi connectivity index (χ1n) is 6.29. The standard InChI is InChI=1S/C13H15N5O2S/c1-18-10-15-17-13(18)6-7-16-21(19,20)9-12-4-2-11(8-14)3-5-12/h2-5,10,16H,6-7,9H2,1H3. The average molecular weight is 305 g/mol. The molecule has 0 atom stereocenters. The number of nitriles is 1. The molecular weight excluding hydrogens is 290 g/mol. The molecule has 2 aromatic rings. The van der Waals surface area contributed by atoms with Crippen molar-refractivity contribution in [1.82, 2.24) is 19.5 Å². The van der Waals surface area contributed by atoms with E-state index in [1.54, 1.807) is 42.2 Å². The molecule has 1 aromatic carbocycles. The number of benzene rings is 1. The summed E-state index contributed by atoms with van der Waals surface area (Å²) in [7, 11) is -1.60. The Bertz CT molecular complexity index is 744. The smallest absolute Gasteiger partial charge is 0.215 e. The SMILES string of the molecule is Cn1cnnc1CCNS(=O)(=O)Cc1ccc(C#N)cc1. The molecule has 21 heavy (non-hydrogen) atoms. The van der Waals surface area contributed by atoms with E-state index in [1.807, 2.05) is 6.07 Å². The van der Waals surface area contributed by atoms with E-state index in [1.165, 1.54) is 0 Å². The van der Waals surface area contributed by atoms with Crippen molar-refractivity contribution < 1.29 is 8.42 Å². The molecule has 7 nitrogen and oxygen atoms in total. The van der Waals surface area contributed by atoms with Gasteiger partial charge >= 0.3 is 0 Å². The van der Waals surface area contributed by atoms with Crippen LogP contribution in [-0.4, -0.2) is 29.7 Å². The second-order valence-corrected chi connectivity index (χ2v) is 6.38. The Balaban J connectivity index is 1.89. The van der Waals surface area contributed by atoms with Gasteiger partial charge in [0.25, 0.3) is 0 Å². The minimum atomic E-state index is -3.41. The number of hydrogen-bond acceptors (Lipinski definition) is 5. The third-order valence-corrected chi connectivity index (χ3v) is 4.27. The highest BCUT2D eigenvalue weighted by molar-refractivity contribution is 7.88. The summed E-state index contributed by atoms with van der Waals surface area (Å²) in [6, 6.07) is 8.47. The molecule has 0 aliphatic heterocycles. The first kappa shape index (κ1) is 15.2. The van der Waals surface area contributed by atoms with Gasteiger partial charge in [-0.05, 0) is 17.7 Å². The van der Waals surface area contributed by atoms with Crippen LogP contribution < -0.4 is 4.72 Å². The van der Waals surface area contributed by atoms with Gasteiger partial charge in [0.1, 0.15) is 12.2 Å². The fraction of sp³-hybridized carbons (Fsp3) is 0.308. The maximum absolute atomic E-state index is 11.9. The van der Waals surface area contributed by atoms with Gasteiger partial charge in [0.2, 0.25) is 10.0 Å². The molecule has 0 bridgehead atoms. The number of hydrogen-bond donors (Lipinski definition) is 1. The van der Waals surface area contributed by atoms with E-state index in [-0.39, 0.29) is 12.3 Å². The van der Waals surface area contributed by atoms with E-state index in [0.29, 0.717) is 17.5 Å². The molecule has 0 aliphatic rings. The van der Waals surface area contributed by atoms with Crippen LogP contribution in [0.1, 0.15) is 17.0 Å². The van der Waals surface area contributed by atoms with Gasteiger partial charge in [-0.3, -0.25) is 0 Å². The summed E-state index contributed by atoms with van der Waals surface area (Å²) in [5, 5.41) is 16.3. The maximum atomic E-state index is 11.9. The van der Waals surface area contributed by atoms with E-state index in [9.17, 15) is 8.42 Å². The summed E-state index contributed by atoms with van der Waals surface area (Å²) >= 11 is 0. The number of sulfonamides is 1. The number of nitrogens with zero attached hydrogens (tertiary/aromatic N) is 4. The summed E-state index contributed by atoms with van der Waals surface area (Å²) in [4.78, 5) is 0. The lowest BCUT2D eigenvalue weighted by atomic mass is 10.2. The monoisotopic (exact) mass is 305 g/mol. The number of rotatable bonds is 6. The van der Waals surface area contributed by atoms with Crippen molar-refractivity contribution in [3.63, 3.8) is 0 Å². The normalized spacial score (nSPS) is 11.2. The molecular formula is C13H15N5O2S. The minimum absolute atomic E-state index is 0.114. The summed E-state index contributed by atoms with van der Waals surface area (Å²) in [5.74, 6) is 0.605. The van der Waals surface area contributed by atoms with Gasteiger partial charge in [-0.2, -0.15) is 5.26 Å². The Morgan fingerprint density at radius 2 is 2.05 bits per heavy atom. The predicted octanol–water partition coefficient (Wildman–Crippen LogP) is 0.349. The highest BCUT2D eigenvalue weighted by Crippen LogP contribution is 2.07. The fourth-order valence-electron chi connectivity index (χ4n) is 1.80. The van der Waals surface area contributed by atoms with Crippen LogP contribution in [0.2, 0.25) is 0 Å². The van der Waals surface area contributed by atoms with Gasteiger partial charge < -0.3 is 4.57 Å². The molecule has 8 heteroatoms. The lowest BCUT2D eigenvalue weighted by Crippen LogP contribution is -2.27. The van der Waals surface area contributed by atoms with Crippen LogP contribution in [-0.2, 0) is 29.2 Å². The third-order valence-electron chi connectivity index (χ3n) is 2.92. The second kappa shape index (κ2) is 6.47. The van der Waals surface area contributed by atoms with Crippen molar-refractivity contribution in [3.8, 4) is 6.07 Å². The van der Waals surface area contributed by atoms with E-state index in [4.69, 9.17) is 5.26 Å². The van der Waals surface area contributed by atoms with Gasteiger partial charge in [-0.15, -0.1) is 10.2 Å². The summed E-state index contributed by atoms with van der Waals surface area (Å²) in [6.45, 7) is 0.269. The summed E-state index contributed by atoms with van der Waals surface area (Å²) in [6.07, 6.45) is 2.05. The summed E-state index contributed by atoms with van der Waals surface area (Å²) < 4.78 is 28.2. The largest absolute Gasteiger partial charge is 0.321 e. The van der Waals surface area contributed by atoms with Crippen molar-refractivity contribution in [2.75, 3.05) is 6.54 Å². The molecule has 110 valence electrons. The van der Waals surface area contributed by atoms with Crippen molar-refractivity contribution in [2.24, 2.45) is 7.05 Å². The van der Waals surface area contributed by atoms with E-state index >= 15 is 0 Å². The molecule has 0 saturated carbocycles. The predicted molar refractivity (Wildman–Crippen MR) is 76.5 cm³/mol. The van der Waals surface area contributed by atoms with Crippen LogP contribution in [0.25, 0.3) is 0 Å². The van der Waals surface area contributed by atoms with Crippen molar-refractivity contribution >= 4 is 10.0 Å². The minimum Gasteiger partial charge on any atom is -0.321 e. The highest BCUT2D eigenvalue weighted by Gasteiger charge is 2.11. The zero-order valence-electron chi connectivity index (χ0n) is 11.5. The van der Waals surface area contributed by atoms with Crippen LogP contribution in [0.15, 0.2) is 30.6 Å². The molecule has 0 unspecified atom stereocenters. The van der Waals surface area contributed by atoms with Gasteiger partial charge in [-0.25, -0.2) is 13.1 Å². The highest BCUT2D eigenvalue weighted by atomic mass is 32.2. The number of aryl methyl sites for hydroxylation is 1. The van der Waals surface area contributed by atoms with Crippen LogP contribution in [0, 0.1) is 11.3 Å². The van der Waals surface area contributed by atoms with Gasteiger partial charge in [0.15, 0.2) is 0 Å². The van der Waals surface area contributed by atoms with Gasteiger partial charge in [0.05, 0.1) is 17.4 Å². The Hall–Kier alpha value is -2.24. The zero-order chi connectivity index (χ0) is 15.3. The van der Waals surface area contributed by atoms with Crippen LogP contribution in [0.4, 0.5) is 0 Å². The van der Waals surface area contributed by atoms with Gasteiger partial charge in [-0.1, -0.05) is 12.1 Å². The molecule has 2 rings (SSSR count). The lowest BCUT2D eigenvalue weighted by Gasteiger charge is -2.06. The zero-order valence-corrected chi connectivity index (χ0v) is 12.3. The van der Waals surface area contributed by atoms with Crippen LogP contribution in [0.3, 0.4) is 0 Å². The first-order chi connectivity index (χ1) is 10.00. The molecule has 0 aliphatic carbocycles. The Morgan fingerprint density at radius 3 is 2.62 bits per heavy atom. The molecule has 0 saturated heterocycles. The van der Waals surface area contributed by atoms with Crippen molar-refractivity contribution in [3.05, 3.63) is 47.5 Å². The van der Waals surface area contributed by atoms with E-state index in [0.717, 1.165) is 5.82 Å². The second-order valence-electron chi connectivity index (χ2n) is 4.57. The first-order valence-corrected chi connectivity index (χ1v) is 7.94. The Morgan fingerprint density at radius 1 is 1.33 bits per heavy atom. The molecule has 1 heterocycles. The Kier molecular flexibility index (Phi) is 4.67. The maximum Gasteiger partial charge on any atom is 0.215 e. The van der Waals surface area contributed by atoms with E-state index < -0.39 is 10.0 Å². The molecule has 0 spiro atoms. The third kappa shape index (κ3) is 4.37. The van der Waals surface area contributed by atoms with Crippen molar-refractivity contribution in [2.45, 2.75) is 12.2 Å². The van der Waals surface area contributed by atoms with E-state index in [2.05, 4.69) is 14.9 Å². The molecule has 1 N–H and O–H groups in total. The summed E-state index contributed by atoms with van der Waals surface area (Å²) in [5.41, 5.74) is 1.14. The number of aromatic nitrogens is 3. The van der Waals surface area contributed by atoms with Crippen molar-refractivity contribution in [1.29, 1.82) is 5.26 Å². The fourth-order valence-corrected chi connectivity index (χ4v) is 2.94. The molecule has 0 fully saturated rings. The number of nitrogens with one attached hydrogen (secondary N) is 1. The van der Waals surface area contributed by atoms with Crippen LogP contribution >= 0.6 is 0 Å². The average Bonchev–Trinajstić information content (AvgIpc) is 2.85. The molecule has 0 radical (unpaired) electrons. The quantitative estimate of drug-likeness (QED) is 0.830. The molecule has 0 amide bonds. The molecule has 1 aromatic heterocycles.